The molecule has 0 fully saturated rings. The third-order valence-electron chi connectivity index (χ3n) is 16.7. The first-order valence-corrected chi connectivity index (χ1v) is 30.7. The summed E-state index contributed by atoms with van der Waals surface area (Å²) in [6.07, 6.45) is 0. The summed E-state index contributed by atoms with van der Waals surface area (Å²) < 4.78 is 0. The molecule has 0 spiro atoms. The highest BCUT2D eigenvalue weighted by Gasteiger charge is 2.16. The van der Waals surface area contributed by atoms with Gasteiger partial charge in [-0.3, -0.25) is 0 Å². The van der Waals surface area contributed by atoms with Crippen LogP contribution >= 0.6 is 0 Å². The molecule has 0 aliphatic rings. The number of rotatable bonds is 10. The van der Waals surface area contributed by atoms with Crippen molar-refractivity contribution in [3.05, 3.63) is 328 Å². The van der Waals surface area contributed by atoms with Gasteiger partial charge in [-0.1, -0.05) is 243 Å². The SMILES string of the molecule is c1ccc(-c2cc(-c3ccccc3)nc(-c3ccc4cc(-c5ccc6nc(-c7cccc8ccccc78)ccc6c5)ccc4n3)n2)cc1.c1ccc(-c2cc(-c3ccccc3)nc(-c3ccc4cc(-c5ccc6nc(-c7ccccc7)ccc6c5)ccc4n3)n2)cc1. The van der Waals surface area contributed by atoms with E-state index in [1.807, 2.05) is 115 Å². The minimum absolute atomic E-state index is 0.603. The van der Waals surface area contributed by atoms with Gasteiger partial charge in [0.1, 0.15) is 11.4 Å². The summed E-state index contributed by atoms with van der Waals surface area (Å²) in [6.45, 7) is 0. The normalized spacial score (nSPS) is 11.3. The molecule has 0 amide bonds. The first-order chi connectivity index (χ1) is 45.5. The van der Waals surface area contributed by atoms with Gasteiger partial charge in [0.25, 0.3) is 0 Å². The second-order valence-corrected chi connectivity index (χ2v) is 22.7. The summed E-state index contributed by atoms with van der Waals surface area (Å²) in [5, 5.41) is 6.77. The number of aromatic nitrogens is 8. The van der Waals surface area contributed by atoms with Gasteiger partial charge in [0.15, 0.2) is 11.6 Å². The van der Waals surface area contributed by atoms with Crippen molar-refractivity contribution in [2.45, 2.75) is 0 Å². The van der Waals surface area contributed by atoms with Crippen LogP contribution in [0.4, 0.5) is 0 Å². The molecule has 0 aliphatic heterocycles. The van der Waals surface area contributed by atoms with E-state index in [9.17, 15) is 0 Å². The maximum atomic E-state index is 5.05. The fourth-order valence-electron chi connectivity index (χ4n) is 12.0. The van der Waals surface area contributed by atoms with Gasteiger partial charge in [-0.25, -0.2) is 39.9 Å². The summed E-state index contributed by atoms with van der Waals surface area (Å²) in [6, 6.07) is 113. The van der Waals surface area contributed by atoms with Crippen molar-refractivity contribution in [1.29, 1.82) is 0 Å². The van der Waals surface area contributed by atoms with Crippen LogP contribution in [0.5, 0.6) is 0 Å². The van der Waals surface area contributed by atoms with Gasteiger partial charge in [-0.2, -0.15) is 0 Å². The Kier molecular flexibility index (Phi) is 14.4. The lowest BCUT2D eigenvalue weighted by Crippen LogP contribution is -1.97. The molecule has 8 heteroatoms. The number of nitrogens with zero attached hydrogens (tertiary/aromatic N) is 8. The Hall–Kier alpha value is -12.5. The largest absolute Gasteiger partial charge is 0.248 e. The first-order valence-electron chi connectivity index (χ1n) is 30.7. The quantitative estimate of drug-likeness (QED) is 0.133. The fraction of sp³-hybridized carbons (Fsp3) is 0. The molecule has 0 radical (unpaired) electrons. The summed E-state index contributed by atoms with van der Waals surface area (Å²) in [5.41, 5.74) is 21.6. The van der Waals surface area contributed by atoms with Gasteiger partial charge < -0.3 is 0 Å². The second-order valence-electron chi connectivity index (χ2n) is 22.7. The number of fused-ring (bicyclic) bond motifs is 5. The summed E-state index contributed by atoms with van der Waals surface area (Å²) in [7, 11) is 0. The van der Waals surface area contributed by atoms with E-state index in [2.05, 4.69) is 212 Å². The summed E-state index contributed by atoms with van der Waals surface area (Å²) >= 11 is 0. The summed E-state index contributed by atoms with van der Waals surface area (Å²) in [4.78, 5) is 39.8. The molecule has 0 unspecified atom stereocenters. The van der Waals surface area contributed by atoms with Crippen LogP contribution in [0, 0.1) is 0 Å². The van der Waals surface area contributed by atoms with Gasteiger partial charge in [-0.05, 0) is 118 Å². The van der Waals surface area contributed by atoms with E-state index < -0.39 is 0 Å². The number of pyridine rings is 4. The predicted octanol–water partition coefficient (Wildman–Crippen LogP) is 21.0. The van der Waals surface area contributed by atoms with Crippen molar-refractivity contribution in [3.63, 3.8) is 0 Å². The molecule has 11 aromatic carbocycles. The van der Waals surface area contributed by atoms with Gasteiger partial charge >= 0.3 is 0 Å². The maximum absolute atomic E-state index is 5.05. The lowest BCUT2D eigenvalue weighted by molar-refractivity contribution is 1.16. The minimum atomic E-state index is 0.603. The zero-order chi connectivity index (χ0) is 61.2. The van der Waals surface area contributed by atoms with E-state index >= 15 is 0 Å². The van der Waals surface area contributed by atoms with Crippen LogP contribution in [0.15, 0.2) is 328 Å². The Morgan fingerprint density at radius 2 is 0.446 bits per heavy atom. The molecular formula is C84H54N8. The molecule has 0 aliphatic carbocycles. The van der Waals surface area contributed by atoms with E-state index in [1.165, 1.54) is 10.8 Å². The third kappa shape index (κ3) is 11.3. The third-order valence-corrected chi connectivity index (χ3v) is 16.7. The molecular weight excluding hydrogens is 1120 g/mol. The lowest BCUT2D eigenvalue weighted by atomic mass is 9.99. The van der Waals surface area contributed by atoms with Crippen LogP contribution in [0.2, 0.25) is 0 Å². The van der Waals surface area contributed by atoms with Crippen LogP contribution in [-0.4, -0.2) is 39.9 Å². The van der Waals surface area contributed by atoms with Gasteiger partial charge in [0.05, 0.1) is 56.2 Å². The predicted molar refractivity (Wildman–Crippen MR) is 377 cm³/mol. The molecule has 17 aromatic rings. The molecule has 0 saturated carbocycles. The van der Waals surface area contributed by atoms with Crippen molar-refractivity contribution in [2.24, 2.45) is 0 Å². The Morgan fingerprint density at radius 1 is 0.152 bits per heavy atom. The molecule has 0 bridgehead atoms. The smallest absolute Gasteiger partial charge is 0.179 e. The fourth-order valence-corrected chi connectivity index (χ4v) is 12.0. The highest BCUT2D eigenvalue weighted by molar-refractivity contribution is 5.98. The Bertz CT molecular complexity index is 5450. The molecule has 6 heterocycles. The van der Waals surface area contributed by atoms with Crippen molar-refractivity contribution in [2.75, 3.05) is 0 Å². The van der Waals surface area contributed by atoms with E-state index in [0.29, 0.717) is 11.6 Å². The van der Waals surface area contributed by atoms with Crippen LogP contribution in [-0.2, 0) is 0 Å². The summed E-state index contributed by atoms with van der Waals surface area (Å²) in [5.74, 6) is 1.21. The highest BCUT2D eigenvalue weighted by Crippen LogP contribution is 2.35. The van der Waals surface area contributed by atoms with E-state index in [4.69, 9.17) is 39.9 Å². The van der Waals surface area contributed by atoms with E-state index in [1.54, 1.807) is 0 Å². The molecule has 0 N–H and O–H groups in total. The Balaban J connectivity index is 0.000000147. The van der Waals surface area contributed by atoms with Crippen molar-refractivity contribution in [3.8, 4) is 113 Å². The van der Waals surface area contributed by atoms with Crippen LogP contribution in [0.3, 0.4) is 0 Å². The molecule has 430 valence electrons. The number of hydrogen-bond acceptors (Lipinski definition) is 8. The number of hydrogen-bond donors (Lipinski definition) is 0. The van der Waals surface area contributed by atoms with Crippen LogP contribution in [0.25, 0.3) is 167 Å². The molecule has 0 saturated heterocycles. The monoisotopic (exact) mass is 1170 g/mol. The van der Waals surface area contributed by atoms with E-state index in [0.717, 1.165) is 145 Å². The zero-order valence-corrected chi connectivity index (χ0v) is 49.8. The van der Waals surface area contributed by atoms with E-state index in [-0.39, 0.29) is 0 Å². The Labute approximate surface area is 531 Å². The highest BCUT2D eigenvalue weighted by atomic mass is 14.9. The average molecular weight is 1180 g/mol. The molecule has 8 nitrogen and oxygen atoms in total. The molecule has 0 atom stereocenters. The first kappa shape index (κ1) is 54.8. The van der Waals surface area contributed by atoms with Crippen LogP contribution in [0.1, 0.15) is 0 Å². The van der Waals surface area contributed by atoms with Crippen molar-refractivity contribution < 1.29 is 0 Å². The average Bonchev–Trinajstić information content (AvgIpc) is 1.70. The Morgan fingerprint density at radius 3 is 0.826 bits per heavy atom. The maximum Gasteiger partial charge on any atom is 0.179 e. The molecule has 6 aromatic heterocycles. The van der Waals surface area contributed by atoms with Crippen molar-refractivity contribution in [1.82, 2.24) is 39.9 Å². The molecule has 17 rings (SSSR count). The second kappa shape index (κ2) is 24.2. The van der Waals surface area contributed by atoms with Crippen molar-refractivity contribution >= 4 is 54.4 Å². The lowest BCUT2D eigenvalue weighted by Gasteiger charge is -2.10. The topological polar surface area (TPSA) is 103 Å². The zero-order valence-electron chi connectivity index (χ0n) is 49.8. The van der Waals surface area contributed by atoms with Gasteiger partial charge in [0.2, 0.25) is 0 Å². The van der Waals surface area contributed by atoms with Crippen LogP contribution < -0.4 is 0 Å². The van der Waals surface area contributed by atoms with Gasteiger partial charge in [0, 0.05) is 54.9 Å². The molecule has 92 heavy (non-hydrogen) atoms. The standard InChI is InChI=1S/C44H28N4.C40H26N4/c1-3-11-30(12-4-1)42-28-43(31-13-5-2-6-14-31)48-44(47-42)41-25-21-35-27-33(19-23-39(35)46-41)32-18-22-38-34(26-32)20-24-40(45-38)37-17-9-15-29-10-7-8-16-36(29)37;1-4-10-27(11-5-1)34-22-18-32-24-30(16-20-35(32)41-34)31-17-21-36-33(25-31)19-23-37(42-36)40-43-38(28-12-6-2-7-13-28)26-39(44-40)29-14-8-3-9-15-29/h1-28H;1-26H. The van der Waals surface area contributed by atoms with Gasteiger partial charge in [-0.15, -0.1) is 0 Å². The minimum Gasteiger partial charge on any atom is -0.248 e. The number of benzene rings is 11.